The molecular weight excluding hydrogens is 673 g/mol. The highest BCUT2D eigenvalue weighted by Crippen LogP contribution is 2.31. The number of hydrogen-bond acceptors (Lipinski definition) is 7. The zero-order valence-electron chi connectivity index (χ0n) is 31.7. The highest BCUT2D eigenvalue weighted by molar-refractivity contribution is 5.76. The van der Waals surface area contributed by atoms with Crippen LogP contribution in [0.15, 0.2) is 64.5 Å². The lowest BCUT2D eigenvalue weighted by atomic mass is 9.86. The average Bonchev–Trinajstić information content (AvgIpc) is 3.45. The van der Waals surface area contributed by atoms with E-state index >= 15 is 0 Å². The van der Waals surface area contributed by atoms with Crippen molar-refractivity contribution < 1.29 is 22.6 Å². The summed E-state index contributed by atoms with van der Waals surface area (Å²) in [4.78, 5) is 24.0. The maximum atomic E-state index is 12.6. The average molecular weight is 729 g/mol. The molecule has 0 aliphatic carbocycles. The smallest absolute Gasteiger partial charge is 0.406 e. The fourth-order valence-corrected chi connectivity index (χ4v) is 4.98. The lowest BCUT2D eigenvalue weighted by Gasteiger charge is -2.22. The minimum Gasteiger partial charge on any atom is -0.406 e. The molecule has 0 saturated carbocycles. The van der Waals surface area contributed by atoms with Crippen molar-refractivity contribution in [3.8, 4) is 11.4 Å². The van der Waals surface area contributed by atoms with Crippen molar-refractivity contribution in [2.75, 3.05) is 13.1 Å². The van der Waals surface area contributed by atoms with Gasteiger partial charge in [0.2, 0.25) is 0 Å². The van der Waals surface area contributed by atoms with Crippen LogP contribution in [0.4, 0.5) is 13.2 Å². The number of aromatic nitrogens is 3. The molecule has 2 aromatic heterocycles. The van der Waals surface area contributed by atoms with Crippen LogP contribution in [-0.2, 0) is 22.2 Å². The second kappa shape index (κ2) is 17.4. The van der Waals surface area contributed by atoms with E-state index < -0.39 is 6.36 Å². The molecule has 0 aliphatic rings. The highest BCUT2D eigenvalue weighted by atomic mass is 19.4. The van der Waals surface area contributed by atoms with Crippen molar-refractivity contribution >= 4 is 17.0 Å². The number of halogens is 3. The molecule has 52 heavy (non-hydrogen) atoms. The molecule has 14 heteroatoms. The van der Waals surface area contributed by atoms with Crippen molar-refractivity contribution in [3.63, 3.8) is 0 Å². The largest absolute Gasteiger partial charge is 0.573 e. The van der Waals surface area contributed by atoms with Crippen molar-refractivity contribution in [3.05, 3.63) is 87.6 Å². The summed E-state index contributed by atoms with van der Waals surface area (Å²) < 4.78 is 48.6. The molecular formula is C38H55F3N8O3. The molecule has 0 bridgehead atoms. The van der Waals surface area contributed by atoms with Crippen LogP contribution in [0.2, 0.25) is 0 Å². The van der Waals surface area contributed by atoms with E-state index in [0.717, 1.165) is 40.9 Å². The van der Waals surface area contributed by atoms with Crippen molar-refractivity contribution in [2.45, 2.75) is 111 Å². The SMILES string of the molecule is C[C@H](NCCCN=C(N)N)c1ccc(-n2cc3cc(C(C)(C)C)[nH]c3nc2=O)cc1.C[C@H](OCc1cc(OC(F)(F)F)cc(C(C)(C)C)c1)[C@@H](C)N. The molecule has 2 aromatic carbocycles. The van der Waals surface area contributed by atoms with Gasteiger partial charge in [-0.2, -0.15) is 4.98 Å². The Bertz CT molecular complexity index is 1830. The van der Waals surface area contributed by atoms with E-state index in [9.17, 15) is 18.0 Å². The zero-order valence-corrected chi connectivity index (χ0v) is 31.7. The molecule has 0 fully saturated rings. The standard InChI is InChI=1S/C22H31N7O.C16H24F3NO2/c1-14(25-10-5-11-26-20(23)24)15-6-8-17(9-7-15)29-13-16-12-18(22(2,3)4)27-19(16)28-21(29)30;1-10(20)11(2)21-9-12-6-13(15(3,4)5)8-14(7-12)22-16(17,18)19/h6-9,12-14,25H,5,10-11H2,1-4H3,(H4,23,24,26)(H,27,28,30);6-8,10-11H,9,20H2,1-5H3/t14-;10-,11+/m01/s1. The third-order valence-electron chi connectivity index (χ3n) is 8.39. The fourth-order valence-electron chi connectivity index (χ4n) is 4.98. The number of hydrogen-bond donors (Lipinski definition) is 5. The van der Waals surface area contributed by atoms with Gasteiger partial charge in [0.25, 0.3) is 0 Å². The molecule has 11 nitrogen and oxygen atoms in total. The van der Waals surface area contributed by atoms with Crippen LogP contribution in [0.1, 0.15) is 97.2 Å². The van der Waals surface area contributed by atoms with Gasteiger partial charge in [0, 0.05) is 41.3 Å². The predicted octanol–water partition coefficient (Wildman–Crippen LogP) is 6.46. The van der Waals surface area contributed by atoms with Crippen molar-refractivity contribution in [1.82, 2.24) is 19.9 Å². The van der Waals surface area contributed by atoms with Crippen molar-refractivity contribution in [1.29, 1.82) is 0 Å². The Kier molecular flexibility index (Phi) is 14.1. The zero-order chi connectivity index (χ0) is 39.0. The summed E-state index contributed by atoms with van der Waals surface area (Å²) in [5.41, 5.74) is 20.7. The summed E-state index contributed by atoms with van der Waals surface area (Å²) in [7, 11) is 0. The fraction of sp³-hybridized carbons (Fsp3) is 0.500. The summed E-state index contributed by atoms with van der Waals surface area (Å²) >= 11 is 0. The van der Waals surface area contributed by atoms with Gasteiger partial charge in [0.15, 0.2) is 5.96 Å². The van der Waals surface area contributed by atoms with Gasteiger partial charge in [-0.1, -0.05) is 59.7 Å². The summed E-state index contributed by atoms with van der Waals surface area (Å²) in [6, 6.07) is 14.6. The number of nitrogens with two attached hydrogens (primary N) is 3. The number of aliphatic imine (C=N–C) groups is 1. The summed E-state index contributed by atoms with van der Waals surface area (Å²) in [5.74, 6) is -0.109. The monoisotopic (exact) mass is 728 g/mol. The highest BCUT2D eigenvalue weighted by Gasteiger charge is 2.32. The topological polar surface area (TPSA) is 172 Å². The van der Waals surface area contributed by atoms with Crippen LogP contribution < -0.4 is 32.9 Å². The predicted molar refractivity (Wildman–Crippen MR) is 202 cm³/mol. The van der Waals surface area contributed by atoms with E-state index in [4.69, 9.17) is 21.9 Å². The molecule has 0 aliphatic heterocycles. The second-order valence-electron chi connectivity index (χ2n) is 15.1. The van der Waals surface area contributed by atoms with E-state index in [1.807, 2.05) is 71.1 Å². The second-order valence-corrected chi connectivity index (χ2v) is 15.1. The molecule has 2 heterocycles. The van der Waals surface area contributed by atoms with Crippen LogP contribution in [0.3, 0.4) is 0 Å². The number of rotatable bonds is 12. The van der Waals surface area contributed by atoms with Crippen LogP contribution >= 0.6 is 0 Å². The summed E-state index contributed by atoms with van der Waals surface area (Å²) in [5, 5.41) is 4.36. The van der Waals surface area contributed by atoms with E-state index in [-0.39, 0.29) is 53.0 Å². The van der Waals surface area contributed by atoms with Gasteiger partial charge in [-0.25, -0.2) is 4.79 Å². The number of aromatic amines is 1. The Labute approximate surface area is 304 Å². The summed E-state index contributed by atoms with van der Waals surface area (Å²) in [6.07, 6.45) is -2.20. The van der Waals surface area contributed by atoms with Gasteiger partial charge in [-0.05, 0) is 86.2 Å². The molecule has 0 unspecified atom stereocenters. The molecule has 0 spiro atoms. The molecule has 0 radical (unpaired) electrons. The molecule has 286 valence electrons. The number of H-pyrrole nitrogens is 1. The third-order valence-corrected chi connectivity index (χ3v) is 8.39. The maximum Gasteiger partial charge on any atom is 0.573 e. The number of ether oxygens (including phenoxy) is 2. The first-order chi connectivity index (χ1) is 24.0. The molecule has 0 saturated heterocycles. The summed E-state index contributed by atoms with van der Waals surface area (Å²) in [6.45, 7) is 19.5. The van der Waals surface area contributed by atoms with Gasteiger partial charge in [0.1, 0.15) is 11.4 Å². The molecule has 3 atom stereocenters. The number of benzene rings is 2. The van der Waals surface area contributed by atoms with Crippen LogP contribution in [0.25, 0.3) is 16.7 Å². The number of nitrogens with zero attached hydrogens (tertiary/aromatic N) is 3. The number of nitrogens with one attached hydrogen (secondary N) is 2. The lowest BCUT2D eigenvalue weighted by Crippen LogP contribution is -2.31. The van der Waals surface area contributed by atoms with E-state index in [1.165, 1.54) is 12.1 Å². The van der Waals surface area contributed by atoms with Gasteiger partial charge in [-0.3, -0.25) is 9.56 Å². The number of alkyl halides is 3. The Morgan fingerprint density at radius 1 is 0.981 bits per heavy atom. The van der Waals surface area contributed by atoms with Crippen LogP contribution in [0, 0.1) is 0 Å². The normalized spacial score (nSPS) is 13.9. The van der Waals surface area contributed by atoms with E-state index in [0.29, 0.717) is 17.8 Å². The first-order valence-electron chi connectivity index (χ1n) is 17.3. The van der Waals surface area contributed by atoms with Gasteiger partial charge < -0.3 is 37.0 Å². The number of guanidine groups is 1. The minimum atomic E-state index is -4.71. The minimum absolute atomic E-state index is 0.0390. The van der Waals surface area contributed by atoms with Crippen molar-refractivity contribution in [2.24, 2.45) is 22.2 Å². The van der Waals surface area contributed by atoms with Crippen LogP contribution in [-0.4, -0.2) is 52.1 Å². The molecule has 8 N–H and O–H groups in total. The van der Waals surface area contributed by atoms with Gasteiger partial charge in [-0.15, -0.1) is 13.2 Å². The van der Waals surface area contributed by atoms with Crippen LogP contribution in [0.5, 0.6) is 5.75 Å². The molecule has 4 rings (SSSR count). The van der Waals surface area contributed by atoms with E-state index in [2.05, 4.69) is 58.8 Å². The lowest BCUT2D eigenvalue weighted by molar-refractivity contribution is -0.274. The quantitative estimate of drug-likeness (QED) is 0.0629. The Hall–Kier alpha value is -4.40. The molecule has 0 amide bonds. The third kappa shape index (κ3) is 13.0. The van der Waals surface area contributed by atoms with E-state index in [1.54, 1.807) is 4.57 Å². The molecule has 4 aromatic rings. The maximum absolute atomic E-state index is 12.6. The Morgan fingerprint density at radius 3 is 2.19 bits per heavy atom. The number of fused-ring (bicyclic) bond motifs is 1. The Balaban J connectivity index is 0.000000295. The first-order valence-corrected chi connectivity index (χ1v) is 17.3. The first kappa shape index (κ1) is 42.0. The van der Waals surface area contributed by atoms with Gasteiger partial charge >= 0.3 is 12.1 Å². The van der Waals surface area contributed by atoms with Gasteiger partial charge in [0.05, 0.1) is 18.4 Å². The Morgan fingerprint density at radius 2 is 1.63 bits per heavy atom.